The van der Waals surface area contributed by atoms with Crippen LogP contribution in [0.3, 0.4) is 0 Å². The maximum atomic E-state index is 12.6. The molecule has 0 unspecified atom stereocenters. The van der Waals surface area contributed by atoms with Crippen LogP contribution in [-0.4, -0.2) is 50.7 Å². The summed E-state index contributed by atoms with van der Waals surface area (Å²) in [7, 11) is 1.34. The maximum Gasteiger partial charge on any atom is 0.387 e. The third kappa shape index (κ3) is 5.33. The predicted octanol–water partition coefficient (Wildman–Crippen LogP) is 2.90. The van der Waals surface area contributed by atoms with Crippen molar-refractivity contribution >= 4 is 5.91 Å². The number of ether oxygens (including phenoxy) is 2. The minimum atomic E-state index is -3.02. The van der Waals surface area contributed by atoms with E-state index in [4.69, 9.17) is 4.74 Å². The number of hydrogen-bond donors (Lipinski definition) is 1. The van der Waals surface area contributed by atoms with Crippen molar-refractivity contribution in [2.45, 2.75) is 32.3 Å². The number of nitrogens with zero attached hydrogens (tertiary/aromatic N) is 1. The number of likely N-dealkylation sites (tertiary alicyclic amines) is 1. The summed E-state index contributed by atoms with van der Waals surface area (Å²) in [5.41, 5.74) is 0.0487. The highest BCUT2D eigenvalue weighted by Gasteiger charge is 2.20. The Morgan fingerprint density at radius 1 is 1.29 bits per heavy atom. The molecule has 1 aromatic rings. The van der Waals surface area contributed by atoms with Gasteiger partial charge in [0.15, 0.2) is 11.5 Å². The Morgan fingerprint density at radius 3 is 2.71 bits per heavy atom. The van der Waals surface area contributed by atoms with Crippen LogP contribution in [0.15, 0.2) is 18.2 Å². The average molecular weight is 342 g/mol. The van der Waals surface area contributed by atoms with Gasteiger partial charge in [-0.1, -0.05) is 12.5 Å². The number of benzene rings is 1. The molecule has 0 spiro atoms. The number of piperidine rings is 1. The largest absolute Gasteiger partial charge is 0.493 e. The molecule has 1 aliphatic rings. The lowest BCUT2D eigenvalue weighted by Gasteiger charge is -2.26. The van der Waals surface area contributed by atoms with Crippen LogP contribution in [0.1, 0.15) is 36.0 Å². The molecule has 2 rings (SSSR count). The van der Waals surface area contributed by atoms with Crippen LogP contribution in [0.25, 0.3) is 0 Å². The summed E-state index contributed by atoms with van der Waals surface area (Å²) in [4.78, 5) is 14.6. The fourth-order valence-electron chi connectivity index (χ4n) is 2.85. The van der Waals surface area contributed by atoms with E-state index in [9.17, 15) is 13.6 Å². The fraction of sp³-hybridized carbons (Fsp3) is 0.588. The molecular weight excluding hydrogens is 318 g/mol. The Morgan fingerprint density at radius 2 is 2.04 bits per heavy atom. The first-order valence-corrected chi connectivity index (χ1v) is 8.24. The SMILES string of the molecule is COc1cccc(C(=O)NCCCN2CCCCC2)c1OC(F)F. The highest BCUT2D eigenvalue weighted by atomic mass is 19.3. The topological polar surface area (TPSA) is 50.8 Å². The van der Waals surface area contributed by atoms with Gasteiger partial charge in [-0.05, 0) is 51.0 Å². The van der Waals surface area contributed by atoms with Gasteiger partial charge < -0.3 is 19.7 Å². The summed E-state index contributed by atoms with van der Waals surface area (Å²) in [6, 6.07) is 4.49. The number of carbonyl (C=O) groups excluding carboxylic acids is 1. The van der Waals surface area contributed by atoms with Gasteiger partial charge in [0, 0.05) is 6.54 Å². The Kier molecular flexibility index (Phi) is 7.24. The minimum Gasteiger partial charge on any atom is -0.493 e. The minimum absolute atomic E-state index is 0.0487. The first-order chi connectivity index (χ1) is 11.6. The van der Waals surface area contributed by atoms with Crippen LogP contribution >= 0.6 is 0 Å². The number of rotatable bonds is 8. The monoisotopic (exact) mass is 342 g/mol. The molecule has 0 atom stereocenters. The molecule has 134 valence electrons. The van der Waals surface area contributed by atoms with Crippen molar-refractivity contribution in [3.63, 3.8) is 0 Å². The van der Waals surface area contributed by atoms with Crippen LogP contribution in [0.2, 0.25) is 0 Å². The maximum absolute atomic E-state index is 12.6. The van der Waals surface area contributed by atoms with E-state index in [0.717, 1.165) is 26.1 Å². The van der Waals surface area contributed by atoms with Crippen molar-refractivity contribution in [3.05, 3.63) is 23.8 Å². The Bertz CT molecular complexity index is 535. The molecule has 1 amide bonds. The lowest BCUT2D eigenvalue weighted by Crippen LogP contribution is -2.33. The molecule has 1 saturated heterocycles. The van der Waals surface area contributed by atoms with E-state index in [0.29, 0.717) is 6.54 Å². The zero-order valence-electron chi connectivity index (χ0n) is 13.9. The third-order valence-corrected chi connectivity index (χ3v) is 4.04. The van der Waals surface area contributed by atoms with Gasteiger partial charge in [-0.25, -0.2) is 0 Å². The highest BCUT2D eigenvalue weighted by molar-refractivity contribution is 5.97. The van der Waals surface area contributed by atoms with Crippen molar-refractivity contribution in [1.82, 2.24) is 10.2 Å². The number of halogens is 2. The third-order valence-electron chi connectivity index (χ3n) is 4.04. The van der Waals surface area contributed by atoms with Gasteiger partial charge in [0.05, 0.1) is 12.7 Å². The van der Waals surface area contributed by atoms with Gasteiger partial charge in [0.2, 0.25) is 0 Å². The lowest BCUT2D eigenvalue weighted by molar-refractivity contribution is -0.0515. The molecule has 1 N–H and O–H groups in total. The van der Waals surface area contributed by atoms with Gasteiger partial charge in [-0.2, -0.15) is 8.78 Å². The first-order valence-electron chi connectivity index (χ1n) is 8.24. The van der Waals surface area contributed by atoms with Gasteiger partial charge >= 0.3 is 6.61 Å². The summed E-state index contributed by atoms with van der Waals surface area (Å²) in [6.07, 6.45) is 4.56. The number of alkyl halides is 2. The van der Waals surface area contributed by atoms with Crippen LogP contribution in [0, 0.1) is 0 Å². The first kappa shape index (κ1) is 18.4. The molecule has 0 aliphatic carbocycles. The lowest BCUT2D eigenvalue weighted by atomic mass is 10.1. The van der Waals surface area contributed by atoms with E-state index in [1.165, 1.54) is 38.5 Å². The molecule has 0 aromatic heterocycles. The van der Waals surface area contributed by atoms with Crippen molar-refractivity contribution < 1.29 is 23.0 Å². The number of methoxy groups -OCH3 is 1. The molecule has 1 aromatic carbocycles. The van der Waals surface area contributed by atoms with E-state index in [1.54, 1.807) is 6.07 Å². The smallest absolute Gasteiger partial charge is 0.387 e. The second-order valence-corrected chi connectivity index (χ2v) is 5.73. The van der Waals surface area contributed by atoms with Crippen molar-refractivity contribution in [1.29, 1.82) is 0 Å². The summed E-state index contributed by atoms with van der Waals surface area (Å²) >= 11 is 0. The van der Waals surface area contributed by atoms with Crippen LogP contribution < -0.4 is 14.8 Å². The molecule has 5 nitrogen and oxygen atoms in total. The molecule has 1 heterocycles. The number of nitrogens with one attached hydrogen (secondary N) is 1. The molecule has 0 radical (unpaired) electrons. The van der Waals surface area contributed by atoms with E-state index < -0.39 is 12.5 Å². The second-order valence-electron chi connectivity index (χ2n) is 5.73. The van der Waals surface area contributed by atoms with Crippen LogP contribution in [-0.2, 0) is 0 Å². The molecule has 24 heavy (non-hydrogen) atoms. The number of carbonyl (C=O) groups is 1. The molecule has 0 saturated carbocycles. The van der Waals surface area contributed by atoms with Gasteiger partial charge in [-0.3, -0.25) is 4.79 Å². The fourth-order valence-corrected chi connectivity index (χ4v) is 2.85. The van der Waals surface area contributed by atoms with E-state index in [-0.39, 0.29) is 17.1 Å². The number of hydrogen-bond acceptors (Lipinski definition) is 4. The summed E-state index contributed by atoms with van der Waals surface area (Å²) in [5, 5.41) is 2.76. The van der Waals surface area contributed by atoms with Crippen LogP contribution in [0.5, 0.6) is 11.5 Å². The van der Waals surface area contributed by atoms with Gasteiger partial charge in [-0.15, -0.1) is 0 Å². The van der Waals surface area contributed by atoms with E-state index in [1.807, 2.05) is 0 Å². The zero-order valence-corrected chi connectivity index (χ0v) is 13.9. The average Bonchev–Trinajstić information content (AvgIpc) is 2.59. The molecule has 1 fully saturated rings. The number of amides is 1. The highest BCUT2D eigenvalue weighted by Crippen LogP contribution is 2.32. The zero-order chi connectivity index (χ0) is 17.4. The molecule has 0 bridgehead atoms. The Balaban J connectivity index is 1.89. The standard InChI is InChI=1S/C17H24F2N2O3/c1-23-14-8-5-7-13(15(14)24-17(18)19)16(22)20-9-6-12-21-10-3-2-4-11-21/h5,7-8,17H,2-4,6,9-12H2,1H3,(H,20,22). The van der Waals surface area contributed by atoms with Gasteiger partial charge in [0.25, 0.3) is 5.91 Å². The second kappa shape index (κ2) is 9.42. The van der Waals surface area contributed by atoms with Crippen molar-refractivity contribution in [2.24, 2.45) is 0 Å². The Labute approximate surface area is 140 Å². The van der Waals surface area contributed by atoms with Gasteiger partial charge in [0.1, 0.15) is 0 Å². The molecular formula is C17H24F2N2O3. The molecule has 1 aliphatic heterocycles. The van der Waals surface area contributed by atoms with Crippen molar-refractivity contribution in [2.75, 3.05) is 33.3 Å². The van der Waals surface area contributed by atoms with E-state index in [2.05, 4.69) is 15.0 Å². The predicted molar refractivity (Wildman–Crippen MR) is 86.9 cm³/mol. The summed E-state index contributed by atoms with van der Waals surface area (Å²) in [5.74, 6) is -0.567. The summed E-state index contributed by atoms with van der Waals surface area (Å²) in [6.45, 7) is 0.609. The quantitative estimate of drug-likeness (QED) is 0.738. The summed E-state index contributed by atoms with van der Waals surface area (Å²) < 4.78 is 34.6. The normalized spacial score (nSPS) is 15.3. The Hall–Kier alpha value is -1.89. The molecule has 7 heteroatoms. The number of para-hydroxylation sites is 1. The van der Waals surface area contributed by atoms with Crippen LogP contribution in [0.4, 0.5) is 8.78 Å². The van der Waals surface area contributed by atoms with Crippen molar-refractivity contribution in [3.8, 4) is 11.5 Å². The van der Waals surface area contributed by atoms with E-state index >= 15 is 0 Å².